The fourth-order valence-electron chi connectivity index (χ4n) is 5.82. The van der Waals surface area contributed by atoms with Gasteiger partial charge in [-0.2, -0.15) is 4.57 Å². The lowest BCUT2D eigenvalue weighted by Crippen LogP contribution is -2.48. The highest BCUT2D eigenvalue weighted by molar-refractivity contribution is 6.09. The van der Waals surface area contributed by atoms with Crippen molar-refractivity contribution in [3.05, 3.63) is 103 Å². The van der Waals surface area contributed by atoms with Crippen LogP contribution in [0, 0.1) is 0 Å². The largest absolute Gasteiger partial charge is 0.309 e. The van der Waals surface area contributed by atoms with E-state index >= 15 is 0 Å². The lowest BCUT2D eigenvalue weighted by atomic mass is 9.69. The average molecular weight is 416 g/mol. The first-order valence-corrected chi connectivity index (χ1v) is 11.5. The third-order valence-corrected chi connectivity index (χ3v) is 7.54. The fourth-order valence-corrected chi connectivity index (χ4v) is 5.82. The number of aromatic nitrogens is 2. The molecule has 2 heteroatoms. The van der Waals surface area contributed by atoms with Crippen molar-refractivity contribution in [1.29, 1.82) is 0 Å². The van der Waals surface area contributed by atoms with Gasteiger partial charge >= 0.3 is 0 Å². The highest BCUT2D eigenvalue weighted by atomic mass is 15.0. The number of para-hydroxylation sites is 2. The zero-order chi connectivity index (χ0) is 21.9. The van der Waals surface area contributed by atoms with E-state index in [1.807, 2.05) is 0 Å². The standard InChI is InChI=1S/C30H27N2/c1-4-30(5-2)21(3)31-19-11-10-14-27(31)25-20-22(17-18-26(25)30)32-28-15-8-6-12-23(28)24-13-7-9-16-29(24)32/h6-20H,3-5H2,1-2H3/q+1. The fraction of sp³-hybridized carbons (Fsp3) is 0.167. The maximum absolute atomic E-state index is 4.56. The van der Waals surface area contributed by atoms with Gasteiger partial charge in [0, 0.05) is 28.6 Å². The summed E-state index contributed by atoms with van der Waals surface area (Å²) < 4.78 is 4.70. The number of nitrogens with zero attached hydrogens (tertiary/aromatic N) is 2. The quantitative estimate of drug-likeness (QED) is 0.274. The van der Waals surface area contributed by atoms with Crippen molar-refractivity contribution in [2.75, 3.05) is 0 Å². The Kier molecular flexibility index (Phi) is 4.13. The van der Waals surface area contributed by atoms with Crippen molar-refractivity contribution >= 4 is 27.5 Å². The van der Waals surface area contributed by atoms with Gasteiger partial charge in [0.05, 0.1) is 22.0 Å². The number of hydrogen-bond donors (Lipinski definition) is 0. The van der Waals surface area contributed by atoms with E-state index in [9.17, 15) is 0 Å². The van der Waals surface area contributed by atoms with E-state index in [1.54, 1.807) is 0 Å². The molecule has 3 aromatic carbocycles. The van der Waals surface area contributed by atoms with Gasteiger partial charge in [0.25, 0.3) is 0 Å². The predicted molar refractivity (Wildman–Crippen MR) is 134 cm³/mol. The Hall–Kier alpha value is -3.65. The third-order valence-electron chi connectivity index (χ3n) is 7.54. The van der Waals surface area contributed by atoms with Crippen LogP contribution in [0.5, 0.6) is 0 Å². The molecule has 1 aliphatic heterocycles. The first-order chi connectivity index (χ1) is 15.7. The second-order valence-corrected chi connectivity index (χ2v) is 8.79. The lowest BCUT2D eigenvalue weighted by molar-refractivity contribution is -0.577. The van der Waals surface area contributed by atoms with E-state index in [4.69, 9.17) is 0 Å². The molecule has 0 N–H and O–H groups in total. The second kappa shape index (κ2) is 6.93. The number of benzene rings is 3. The molecule has 0 bridgehead atoms. The van der Waals surface area contributed by atoms with E-state index in [-0.39, 0.29) is 5.41 Å². The minimum Gasteiger partial charge on any atom is -0.309 e. The van der Waals surface area contributed by atoms with Crippen LogP contribution >= 0.6 is 0 Å². The summed E-state index contributed by atoms with van der Waals surface area (Å²) in [6, 6.07) is 30.9. The molecule has 2 aromatic heterocycles. The number of hydrogen-bond acceptors (Lipinski definition) is 0. The molecule has 0 saturated carbocycles. The molecule has 3 heterocycles. The molecule has 156 valence electrons. The molecule has 0 saturated heterocycles. The van der Waals surface area contributed by atoms with Gasteiger partial charge in [0.2, 0.25) is 5.69 Å². The molecule has 5 aromatic rings. The monoisotopic (exact) mass is 415 g/mol. The number of allylic oxidation sites excluding steroid dienone is 1. The van der Waals surface area contributed by atoms with Gasteiger partial charge in [-0.05, 0) is 55.3 Å². The molecule has 0 spiro atoms. The Morgan fingerprint density at radius 2 is 1.41 bits per heavy atom. The Labute approximate surface area is 189 Å². The van der Waals surface area contributed by atoms with Crippen LogP contribution in [0.3, 0.4) is 0 Å². The normalized spacial score (nSPS) is 14.5. The van der Waals surface area contributed by atoms with Crippen LogP contribution < -0.4 is 4.57 Å². The summed E-state index contributed by atoms with van der Waals surface area (Å²) in [7, 11) is 0. The van der Waals surface area contributed by atoms with Gasteiger partial charge in [-0.25, -0.2) is 0 Å². The first-order valence-electron chi connectivity index (χ1n) is 11.5. The highest BCUT2D eigenvalue weighted by Crippen LogP contribution is 2.47. The van der Waals surface area contributed by atoms with E-state index in [0.29, 0.717) is 0 Å². The number of fused-ring (bicyclic) bond motifs is 6. The Balaban J connectivity index is 1.69. The SMILES string of the molecule is C=C1[n+]2ccccc2-c2cc(-n3c4ccccc4c4ccccc43)ccc2C1(CC)CC. The molecule has 1 aliphatic rings. The topological polar surface area (TPSA) is 8.81 Å². The van der Waals surface area contributed by atoms with E-state index in [2.05, 4.69) is 121 Å². The summed E-state index contributed by atoms with van der Waals surface area (Å²) in [4.78, 5) is 0. The van der Waals surface area contributed by atoms with Gasteiger partial charge < -0.3 is 4.57 Å². The highest BCUT2D eigenvalue weighted by Gasteiger charge is 2.45. The average Bonchev–Trinajstić information content (AvgIpc) is 3.19. The summed E-state index contributed by atoms with van der Waals surface area (Å²) in [5.74, 6) is 0. The molecule has 0 unspecified atom stereocenters. The summed E-state index contributed by atoms with van der Waals surface area (Å²) in [6.45, 7) is 9.13. The second-order valence-electron chi connectivity index (χ2n) is 8.79. The van der Waals surface area contributed by atoms with E-state index in [1.165, 1.54) is 50.0 Å². The van der Waals surface area contributed by atoms with Gasteiger partial charge in [0.15, 0.2) is 11.9 Å². The van der Waals surface area contributed by atoms with E-state index in [0.717, 1.165) is 12.8 Å². The summed E-state index contributed by atoms with van der Waals surface area (Å²) in [6.07, 6.45) is 4.23. The molecule has 0 radical (unpaired) electrons. The van der Waals surface area contributed by atoms with Gasteiger partial charge in [-0.3, -0.25) is 0 Å². The lowest BCUT2D eigenvalue weighted by Gasteiger charge is -2.35. The van der Waals surface area contributed by atoms with Crippen LogP contribution in [-0.4, -0.2) is 4.57 Å². The zero-order valence-corrected chi connectivity index (χ0v) is 18.7. The first kappa shape index (κ1) is 19.1. The third kappa shape index (κ3) is 2.38. The van der Waals surface area contributed by atoms with Crippen molar-refractivity contribution in [3.63, 3.8) is 0 Å². The molecule has 0 fully saturated rings. The van der Waals surface area contributed by atoms with Gasteiger partial charge in [0.1, 0.15) is 0 Å². The van der Waals surface area contributed by atoms with Crippen molar-refractivity contribution in [2.45, 2.75) is 32.1 Å². The Morgan fingerprint density at radius 3 is 2.06 bits per heavy atom. The van der Waals surface area contributed by atoms with Crippen molar-refractivity contribution in [1.82, 2.24) is 4.57 Å². The molecule has 0 atom stereocenters. The molecule has 0 aliphatic carbocycles. The van der Waals surface area contributed by atoms with Crippen LogP contribution in [0.1, 0.15) is 32.3 Å². The van der Waals surface area contributed by atoms with E-state index < -0.39 is 0 Å². The van der Waals surface area contributed by atoms with Crippen LogP contribution in [0.25, 0.3) is 44.4 Å². The van der Waals surface area contributed by atoms with Crippen molar-refractivity contribution in [3.8, 4) is 16.9 Å². The van der Waals surface area contributed by atoms with Crippen molar-refractivity contribution < 1.29 is 4.57 Å². The Morgan fingerprint density at radius 1 is 0.781 bits per heavy atom. The maximum Gasteiger partial charge on any atom is 0.218 e. The van der Waals surface area contributed by atoms with Crippen LogP contribution in [0.2, 0.25) is 0 Å². The van der Waals surface area contributed by atoms with Crippen LogP contribution in [-0.2, 0) is 5.41 Å². The van der Waals surface area contributed by atoms with Crippen LogP contribution in [0.4, 0.5) is 0 Å². The smallest absolute Gasteiger partial charge is 0.218 e. The zero-order valence-electron chi connectivity index (χ0n) is 18.7. The summed E-state index contributed by atoms with van der Waals surface area (Å²) in [5, 5.41) is 2.58. The minimum absolute atomic E-state index is 0.0479. The maximum atomic E-state index is 4.56. The summed E-state index contributed by atoms with van der Waals surface area (Å²) in [5.41, 5.74) is 8.73. The number of rotatable bonds is 3. The molecular formula is C30H27N2+. The minimum atomic E-state index is -0.0479. The molecule has 0 amide bonds. The molecule has 6 rings (SSSR count). The molecule has 2 nitrogen and oxygen atoms in total. The molecule has 32 heavy (non-hydrogen) atoms. The van der Waals surface area contributed by atoms with Crippen LogP contribution in [0.15, 0.2) is 97.7 Å². The van der Waals surface area contributed by atoms with Crippen molar-refractivity contribution in [2.24, 2.45) is 0 Å². The summed E-state index contributed by atoms with van der Waals surface area (Å²) >= 11 is 0. The Bertz CT molecular complexity index is 1460. The predicted octanol–water partition coefficient (Wildman–Crippen LogP) is 7.28. The molecular weight excluding hydrogens is 388 g/mol. The number of pyridine rings is 1. The van der Waals surface area contributed by atoms with Gasteiger partial charge in [-0.15, -0.1) is 0 Å². The van der Waals surface area contributed by atoms with Gasteiger partial charge in [-0.1, -0.05) is 56.3 Å².